The van der Waals surface area contributed by atoms with Gasteiger partial charge in [0.2, 0.25) is 0 Å². The average Bonchev–Trinajstić information content (AvgIpc) is 2.93. The quantitative estimate of drug-likeness (QED) is 0.791. The van der Waals surface area contributed by atoms with E-state index in [1.807, 2.05) is 12.1 Å². The van der Waals surface area contributed by atoms with Gasteiger partial charge in [0.05, 0.1) is 11.8 Å². The summed E-state index contributed by atoms with van der Waals surface area (Å²) in [5.74, 6) is 0.225. The molecule has 3 rings (SSSR count). The lowest BCUT2D eigenvalue weighted by molar-refractivity contribution is 0.0923. The van der Waals surface area contributed by atoms with E-state index in [0.29, 0.717) is 10.2 Å². The van der Waals surface area contributed by atoms with Gasteiger partial charge >= 0.3 is 0 Å². The fraction of sp³-hybridized carbons (Fsp3) is 0.214. The molecule has 2 nitrogen and oxygen atoms in total. The molecule has 1 aliphatic rings. The van der Waals surface area contributed by atoms with Crippen LogP contribution in [0.25, 0.3) is 0 Å². The molecule has 0 amide bonds. The van der Waals surface area contributed by atoms with Crippen LogP contribution in [0.15, 0.2) is 45.7 Å². The van der Waals surface area contributed by atoms with Crippen molar-refractivity contribution in [2.75, 3.05) is 0 Å². The maximum atomic E-state index is 12.3. The van der Waals surface area contributed by atoms with Gasteiger partial charge < -0.3 is 4.42 Å². The van der Waals surface area contributed by atoms with Crippen molar-refractivity contribution in [2.45, 2.75) is 12.8 Å². The molecule has 0 N–H and O–H groups in total. The molecule has 0 aliphatic heterocycles. The number of rotatable bonds is 2. The first kappa shape index (κ1) is 10.8. The predicted molar refractivity (Wildman–Crippen MR) is 68.1 cm³/mol. The minimum absolute atomic E-state index is 0.0568. The van der Waals surface area contributed by atoms with Crippen LogP contribution in [-0.2, 0) is 12.8 Å². The normalized spacial score (nSPS) is 14.9. The van der Waals surface area contributed by atoms with Crippen LogP contribution >= 0.6 is 15.9 Å². The molecule has 2 aromatic rings. The Bertz CT molecular complexity index is 546. The highest BCUT2D eigenvalue weighted by atomic mass is 79.9. The number of furan rings is 1. The van der Waals surface area contributed by atoms with E-state index < -0.39 is 0 Å². The van der Waals surface area contributed by atoms with E-state index in [4.69, 9.17) is 4.42 Å². The van der Waals surface area contributed by atoms with Crippen LogP contribution in [0.1, 0.15) is 21.5 Å². The van der Waals surface area contributed by atoms with E-state index in [9.17, 15) is 4.79 Å². The number of carbonyl (C=O) groups is 1. The van der Waals surface area contributed by atoms with Gasteiger partial charge in [0.25, 0.3) is 0 Å². The van der Waals surface area contributed by atoms with Gasteiger partial charge in [-0.15, -0.1) is 0 Å². The number of hydrogen-bond donors (Lipinski definition) is 0. The Morgan fingerprint density at radius 3 is 2.35 bits per heavy atom. The predicted octanol–water partition coefficient (Wildman–Crippen LogP) is 3.64. The van der Waals surface area contributed by atoms with Crippen molar-refractivity contribution in [2.24, 2.45) is 5.92 Å². The number of fused-ring (bicyclic) bond motifs is 1. The number of hydrogen-bond acceptors (Lipinski definition) is 2. The Labute approximate surface area is 108 Å². The van der Waals surface area contributed by atoms with Gasteiger partial charge in [0, 0.05) is 5.92 Å². The summed E-state index contributed by atoms with van der Waals surface area (Å²) in [6, 6.07) is 9.99. The van der Waals surface area contributed by atoms with Gasteiger partial charge in [0.15, 0.2) is 10.5 Å². The molecule has 0 radical (unpaired) electrons. The topological polar surface area (TPSA) is 30.2 Å². The largest absolute Gasteiger partial charge is 0.457 e. The molecule has 1 aromatic carbocycles. The third kappa shape index (κ3) is 1.84. The molecule has 0 spiro atoms. The molecule has 1 aliphatic carbocycles. The van der Waals surface area contributed by atoms with E-state index in [1.165, 1.54) is 11.1 Å². The van der Waals surface area contributed by atoms with Gasteiger partial charge in [-0.2, -0.15) is 0 Å². The fourth-order valence-corrected chi connectivity index (χ4v) is 2.87. The van der Waals surface area contributed by atoms with Gasteiger partial charge in [0.1, 0.15) is 0 Å². The molecule has 86 valence electrons. The van der Waals surface area contributed by atoms with Gasteiger partial charge in [-0.25, -0.2) is 0 Å². The van der Waals surface area contributed by atoms with E-state index in [2.05, 4.69) is 28.1 Å². The lowest BCUT2D eigenvalue weighted by atomic mass is 9.97. The standard InChI is InChI=1S/C14H11BrO2/c15-14-12(5-6-17-14)13(16)11-7-9-3-1-2-4-10(9)8-11/h1-6,11H,7-8H2. The Kier molecular flexibility index (Phi) is 2.63. The first-order valence-electron chi connectivity index (χ1n) is 5.59. The van der Waals surface area contributed by atoms with Crippen molar-refractivity contribution < 1.29 is 9.21 Å². The van der Waals surface area contributed by atoms with Crippen molar-refractivity contribution in [1.82, 2.24) is 0 Å². The molecule has 17 heavy (non-hydrogen) atoms. The van der Waals surface area contributed by atoms with Crippen LogP contribution in [-0.4, -0.2) is 5.78 Å². The second kappa shape index (κ2) is 4.15. The first-order chi connectivity index (χ1) is 8.25. The van der Waals surface area contributed by atoms with Crippen molar-refractivity contribution in [1.29, 1.82) is 0 Å². The second-order valence-electron chi connectivity index (χ2n) is 4.35. The number of Topliss-reactive ketones (excluding diaryl/α,β-unsaturated/α-hetero) is 1. The summed E-state index contributed by atoms with van der Waals surface area (Å²) in [5, 5.41) is 0. The molecule has 0 fully saturated rings. The molecule has 0 atom stereocenters. The van der Waals surface area contributed by atoms with Crippen molar-refractivity contribution >= 4 is 21.7 Å². The maximum Gasteiger partial charge on any atom is 0.179 e. The van der Waals surface area contributed by atoms with Crippen LogP contribution in [0, 0.1) is 5.92 Å². The highest BCUT2D eigenvalue weighted by molar-refractivity contribution is 9.10. The molecule has 0 unspecified atom stereocenters. The Balaban J connectivity index is 1.86. The van der Waals surface area contributed by atoms with Crippen LogP contribution in [0.2, 0.25) is 0 Å². The average molecular weight is 291 g/mol. The van der Waals surface area contributed by atoms with Gasteiger partial charge in [-0.3, -0.25) is 4.79 Å². The summed E-state index contributed by atoms with van der Waals surface area (Å²) in [5.41, 5.74) is 3.25. The number of halogens is 1. The van der Waals surface area contributed by atoms with Crippen molar-refractivity contribution in [3.05, 3.63) is 58.0 Å². The molecule has 3 heteroatoms. The SMILES string of the molecule is O=C(c1ccoc1Br)C1Cc2ccccc2C1. The zero-order chi connectivity index (χ0) is 11.8. The Morgan fingerprint density at radius 1 is 1.18 bits per heavy atom. The minimum atomic E-state index is 0.0568. The molecule has 0 saturated carbocycles. The van der Waals surface area contributed by atoms with Crippen LogP contribution in [0.5, 0.6) is 0 Å². The van der Waals surface area contributed by atoms with E-state index in [1.54, 1.807) is 12.3 Å². The highest BCUT2D eigenvalue weighted by Crippen LogP contribution is 2.31. The highest BCUT2D eigenvalue weighted by Gasteiger charge is 2.29. The fourth-order valence-electron chi connectivity index (χ4n) is 2.43. The lowest BCUT2D eigenvalue weighted by Crippen LogP contribution is -2.14. The lowest BCUT2D eigenvalue weighted by Gasteiger charge is -2.05. The van der Waals surface area contributed by atoms with E-state index >= 15 is 0 Å². The summed E-state index contributed by atoms with van der Waals surface area (Å²) in [6.45, 7) is 0. The summed E-state index contributed by atoms with van der Waals surface area (Å²) >= 11 is 3.26. The molecular weight excluding hydrogens is 280 g/mol. The van der Waals surface area contributed by atoms with Crippen LogP contribution < -0.4 is 0 Å². The molecule has 1 heterocycles. The monoisotopic (exact) mass is 290 g/mol. The van der Waals surface area contributed by atoms with E-state index in [-0.39, 0.29) is 11.7 Å². The number of benzene rings is 1. The van der Waals surface area contributed by atoms with Crippen LogP contribution in [0.4, 0.5) is 0 Å². The maximum absolute atomic E-state index is 12.3. The smallest absolute Gasteiger partial charge is 0.179 e. The molecule has 0 saturated heterocycles. The minimum Gasteiger partial charge on any atom is -0.457 e. The molecular formula is C14H11BrO2. The van der Waals surface area contributed by atoms with Crippen molar-refractivity contribution in [3.63, 3.8) is 0 Å². The number of carbonyl (C=O) groups excluding carboxylic acids is 1. The van der Waals surface area contributed by atoms with Crippen LogP contribution in [0.3, 0.4) is 0 Å². The summed E-state index contributed by atoms with van der Waals surface area (Å²) in [6.07, 6.45) is 3.22. The third-order valence-electron chi connectivity index (χ3n) is 3.31. The van der Waals surface area contributed by atoms with Crippen molar-refractivity contribution in [3.8, 4) is 0 Å². The third-order valence-corrected chi connectivity index (χ3v) is 3.92. The summed E-state index contributed by atoms with van der Waals surface area (Å²) in [4.78, 5) is 12.3. The second-order valence-corrected chi connectivity index (χ2v) is 5.07. The zero-order valence-corrected chi connectivity index (χ0v) is 10.7. The Hall–Kier alpha value is -1.35. The summed E-state index contributed by atoms with van der Waals surface area (Å²) in [7, 11) is 0. The van der Waals surface area contributed by atoms with E-state index in [0.717, 1.165) is 12.8 Å². The zero-order valence-electron chi connectivity index (χ0n) is 9.15. The first-order valence-corrected chi connectivity index (χ1v) is 6.39. The Morgan fingerprint density at radius 2 is 1.82 bits per heavy atom. The van der Waals surface area contributed by atoms with Gasteiger partial charge in [-0.05, 0) is 46.0 Å². The van der Waals surface area contributed by atoms with Gasteiger partial charge in [-0.1, -0.05) is 24.3 Å². The molecule has 1 aromatic heterocycles. The number of ketones is 1. The summed E-state index contributed by atoms with van der Waals surface area (Å²) < 4.78 is 5.66. The molecule has 0 bridgehead atoms.